The number of nitrogens with zero attached hydrogens (tertiary/aromatic N) is 4. The van der Waals surface area contributed by atoms with Crippen molar-refractivity contribution in [2.45, 2.75) is 32.6 Å². The second kappa shape index (κ2) is 7.08. The van der Waals surface area contributed by atoms with Crippen LogP contribution in [0.4, 0.5) is 5.13 Å². The molecule has 1 aliphatic heterocycles. The Morgan fingerprint density at radius 2 is 2.33 bits per heavy atom. The lowest BCUT2D eigenvalue weighted by atomic mass is 10.1. The maximum absolute atomic E-state index is 12.3. The summed E-state index contributed by atoms with van der Waals surface area (Å²) in [5.74, 6) is -0.240. The molecule has 8 nitrogen and oxygen atoms in total. The van der Waals surface area contributed by atoms with Gasteiger partial charge in [0.25, 0.3) is 0 Å². The van der Waals surface area contributed by atoms with Gasteiger partial charge in [-0.3, -0.25) is 19.6 Å². The second-order valence-corrected chi connectivity index (χ2v) is 7.09. The van der Waals surface area contributed by atoms with Crippen LogP contribution in [-0.2, 0) is 16.0 Å². The van der Waals surface area contributed by atoms with E-state index in [9.17, 15) is 9.59 Å². The number of hydrogen-bond acceptors (Lipinski definition) is 6. The van der Waals surface area contributed by atoms with Crippen LogP contribution in [0.1, 0.15) is 36.9 Å². The van der Waals surface area contributed by atoms with Crippen LogP contribution < -0.4 is 10.2 Å². The molecule has 0 radical (unpaired) electrons. The van der Waals surface area contributed by atoms with Gasteiger partial charge < -0.3 is 5.32 Å². The zero-order valence-electron chi connectivity index (χ0n) is 13.7. The number of rotatable bonds is 6. The summed E-state index contributed by atoms with van der Waals surface area (Å²) in [6.07, 6.45) is 2.58. The summed E-state index contributed by atoms with van der Waals surface area (Å²) in [6, 6.07) is 1.87. The first-order valence-electron chi connectivity index (χ1n) is 7.94. The topological polar surface area (TPSA) is 104 Å². The fraction of sp³-hybridized carbons (Fsp3) is 0.533. The van der Waals surface area contributed by atoms with E-state index in [2.05, 4.69) is 25.7 Å². The molecule has 1 unspecified atom stereocenters. The Morgan fingerprint density at radius 1 is 1.50 bits per heavy atom. The van der Waals surface area contributed by atoms with E-state index in [1.54, 1.807) is 11.1 Å². The van der Waals surface area contributed by atoms with Gasteiger partial charge in [-0.1, -0.05) is 25.2 Å². The molecule has 9 heteroatoms. The number of nitrogens with one attached hydrogen (secondary N) is 2. The van der Waals surface area contributed by atoms with Gasteiger partial charge in [0.15, 0.2) is 0 Å². The summed E-state index contributed by atoms with van der Waals surface area (Å²) in [5.41, 5.74) is 0.967. The van der Waals surface area contributed by atoms with E-state index in [0.717, 1.165) is 10.7 Å². The molecule has 24 heavy (non-hydrogen) atoms. The molecule has 2 amide bonds. The minimum absolute atomic E-state index is 0.0739. The Hall–Kier alpha value is -2.29. The van der Waals surface area contributed by atoms with E-state index in [4.69, 9.17) is 0 Å². The number of anilines is 1. The van der Waals surface area contributed by atoms with Gasteiger partial charge in [0.05, 0.1) is 5.92 Å². The predicted octanol–water partition coefficient (Wildman–Crippen LogP) is 1.10. The van der Waals surface area contributed by atoms with E-state index in [1.807, 2.05) is 19.9 Å². The number of H-pyrrole nitrogens is 1. The van der Waals surface area contributed by atoms with Crippen molar-refractivity contribution in [1.29, 1.82) is 0 Å². The fourth-order valence-electron chi connectivity index (χ4n) is 2.53. The highest BCUT2D eigenvalue weighted by Crippen LogP contribution is 2.30. The summed E-state index contributed by atoms with van der Waals surface area (Å²) in [5, 5.41) is 19.3. The number of hydrogen-bond donors (Lipinski definition) is 2. The van der Waals surface area contributed by atoms with E-state index in [-0.39, 0.29) is 30.1 Å². The number of aromatic nitrogens is 4. The van der Waals surface area contributed by atoms with Crippen molar-refractivity contribution in [3.63, 3.8) is 0 Å². The molecule has 0 saturated carbocycles. The van der Waals surface area contributed by atoms with E-state index in [0.29, 0.717) is 24.6 Å². The molecule has 1 atom stereocenters. The fourth-order valence-corrected chi connectivity index (χ4v) is 3.40. The van der Waals surface area contributed by atoms with E-state index < -0.39 is 0 Å². The summed E-state index contributed by atoms with van der Waals surface area (Å²) in [4.78, 5) is 26.0. The van der Waals surface area contributed by atoms with Crippen LogP contribution in [0.2, 0.25) is 0 Å². The van der Waals surface area contributed by atoms with Gasteiger partial charge in [0.2, 0.25) is 16.9 Å². The molecule has 3 rings (SSSR count). The van der Waals surface area contributed by atoms with Gasteiger partial charge in [-0.2, -0.15) is 5.10 Å². The number of carbonyl (C=O) groups is 2. The van der Waals surface area contributed by atoms with Gasteiger partial charge in [-0.15, -0.1) is 10.2 Å². The van der Waals surface area contributed by atoms with E-state index >= 15 is 0 Å². The Morgan fingerprint density at radius 3 is 3.00 bits per heavy atom. The summed E-state index contributed by atoms with van der Waals surface area (Å²) in [6.45, 7) is 4.95. The molecule has 0 spiro atoms. The lowest BCUT2D eigenvalue weighted by molar-refractivity contribution is -0.126. The molecule has 1 aliphatic rings. The Bertz CT molecular complexity index is 711. The molecule has 1 saturated heterocycles. The first-order valence-corrected chi connectivity index (χ1v) is 8.76. The summed E-state index contributed by atoms with van der Waals surface area (Å²) >= 11 is 1.41. The number of carbonyl (C=O) groups excluding carboxylic acids is 2. The third-order valence-electron chi connectivity index (χ3n) is 3.90. The minimum atomic E-state index is -0.342. The van der Waals surface area contributed by atoms with Crippen molar-refractivity contribution in [2.24, 2.45) is 5.92 Å². The van der Waals surface area contributed by atoms with Crippen molar-refractivity contribution in [3.8, 4) is 0 Å². The average molecular weight is 348 g/mol. The molecule has 2 N–H and O–H groups in total. The zero-order valence-corrected chi connectivity index (χ0v) is 14.5. The van der Waals surface area contributed by atoms with Gasteiger partial charge in [0.1, 0.15) is 5.01 Å². The molecule has 0 aromatic carbocycles. The predicted molar refractivity (Wildman–Crippen MR) is 89.8 cm³/mol. The highest BCUT2D eigenvalue weighted by atomic mass is 32.1. The van der Waals surface area contributed by atoms with Crippen LogP contribution in [-0.4, -0.2) is 45.3 Å². The summed E-state index contributed by atoms with van der Waals surface area (Å²) < 4.78 is 0. The van der Waals surface area contributed by atoms with E-state index in [1.165, 1.54) is 11.3 Å². The molecule has 0 aliphatic carbocycles. The van der Waals surface area contributed by atoms with Crippen LogP contribution in [0.3, 0.4) is 0 Å². The monoisotopic (exact) mass is 348 g/mol. The molecule has 2 aromatic heterocycles. The molecular formula is C15H20N6O2S. The number of aromatic amines is 1. The van der Waals surface area contributed by atoms with Crippen LogP contribution in [0.25, 0.3) is 0 Å². The van der Waals surface area contributed by atoms with Crippen LogP contribution in [0, 0.1) is 5.92 Å². The molecule has 128 valence electrons. The first-order chi connectivity index (χ1) is 11.5. The largest absolute Gasteiger partial charge is 0.355 e. The molecule has 3 heterocycles. The van der Waals surface area contributed by atoms with Crippen LogP contribution >= 0.6 is 11.3 Å². The van der Waals surface area contributed by atoms with Gasteiger partial charge in [-0.05, 0) is 6.07 Å². The third kappa shape index (κ3) is 3.61. The van der Waals surface area contributed by atoms with Crippen molar-refractivity contribution < 1.29 is 9.59 Å². The molecule has 0 bridgehead atoms. The minimum Gasteiger partial charge on any atom is -0.355 e. The highest BCUT2D eigenvalue weighted by Gasteiger charge is 2.36. The molecular weight excluding hydrogens is 328 g/mol. The van der Waals surface area contributed by atoms with Crippen molar-refractivity contribution in [2.75, 3.05) is 18.0 Å². The lowest BCUT2D eigenvalue weighted by Crippen LogP contribution is -2.34. The standard InChI is InChI=1S/C15H20N6O2S/c1-9(2)14-19-20-15(24-14)21-8-10(7-12(21)22)13(23)16-5-3-11-4-6-17-18-11/h4,6,9-10H,3,5,7-8H2,1-2H3,(H,16,23)(H,17,18). The van der Waals surface area contributed by atoms with Crippen molar-refractivity contribution >= 4 is 28.3 Å². The SMILES string of the molecule is CC(C)c1nnc(N2CC(C(=O)NCCc3ccn[nH]3)CC2=O)s1. The van der Waals surface area contributed by atoms with Crippen LogP contribution in [0.15, 0.2) is 12.3 Å². The van der Waals surface area contributed by atoms with Crippen molar-refractivity contribution in [1.82, 2.24) is 25.7 Å². The second-order valence-electron chi connectivity index (χ2n) is 6.11. The quantitative estimate of drug-likeness (QED) is 0.813. The smallest absolute Gasteiger partial charge is 0.229 e. The number of amides is 2. The Kier molecular flexibility index (Phi) is 4.89. The Balaban J connectivity index is 1.54. The van der Waals surface area contributed by atoms with Gasteiger partial charge >= 0.3 is 0 Å². The molecule has 1 fully saturated rings. The molecule has 2 aromatic rings. The van der Waals surface area contributed by atoms with Gasteiger partial charge in [0, 0.05) is 43.7 Å². The highest BCUT2D eigenvalue weighted by molar-refractivity contribution is 7.15. The third-order valence-corrected chi connectivity index (χ3v) is 5.15. The summed E-state index contributed by atoms with van der Waals surface area (Å²) in [7, 11) is 0. The van der Waals surface area contributed by atoms with Crippen molar-refractivity contribution in [3.05, 3.63) is 23.0 Å². The Labute approximate surface area is 143 Å². The lowest BCUT2D eigenvalue weighted by Gasteiger charge is -2.12. The van der Waals surface area contributed by atoms with Crippen LogP contribution in [0.5, 0.6) is 0 Å². The maximum atomic E-state index is 12.3. The first kappa shape index (κ1) is 16.6. The average Bonchev–Trinajstić information content (AvgIpc) is 3.26. The maximum Gasteiger partial charge on any atom is 0.229 e. The van der Waals surface area contributed by atoms with Gasteiger partial charge in [-0.25, -0.2) is 0 Å². The normalized spacial score (nSPS) is 17.7. The zero-order chi connectivity index (χ0) is 17.1.